The molecule has 0 aliphatic carbocycles. The lowest BCUT2D eigenvalue weighted by molar-refractivity contribution is 0.0512. The largest absolute Gasteiger partial charge is 0.461 e. The van der Waals surface area contributed by atoms with Crippen LogP contribution in [0.5, 0.6) is 0 Å². The SMILES string of the molecule is CCOCCCN(CC(=O)c1c(C)c(C(=O)OCC)n(CC)c1C)S(=O)(=O)c1ccc(Cl)cc1. The zero-order valence-electron chi connectivity index (χ0n) is 20.4. The van der Waals surface area contributed by atoms with Crippen molar-refractivity contribution in [1.82, 2.24) is 8.87 Å². The minimum atomic E-state index is -3.97. The van der Waals surface area contributed by atoms with Crippen molar-refractivity contribution < 1.29 is 27.5 Å². The van der Waals surface area contributed by atoms with Gasteiger partial charge in [0.1, 0.15) is 5.69 Å². The molecule has 0 N–H and O–H groups in total. The van der Waals surface area contributed by atoms with Gasteiger partial charge in [0, 0.05) is 42.6 Å². The fourth-order valence-corrected chi connectivity index (χ4v) is 5.49. The number of hydrogen-bond donors (Lipinski definition) is 0. The fraction of sp³-hybridized carbons (Fsp3) is 0.500. The average molecular weight is 513 g/mol. The zero-order valence-corrected chi connectivity index (χ0v) is 22.0. The minimum Gasteiger partial charge on any atom is -0.461 e. The summed E-state index contributed by atoms with van der Waals surface area (Å²) in [6, 6.07) is 5.83. The van der Waals surface area contributed by atoms with Gasteiger partial charge in [0.15, 0.2) is 5.78 Å². The summed E-state index contributed by atoms with van der Waals surface area (Å²) in [5.41, 5.74) is 1.74. The Morgan fingerprint density at radius 3 is 2.26 bits per heavy atom. The first-order valence-corrected chi connectivity index (χ1v) is 13.1. The molecular weight excluding hydrogens is 480 g/mol. The van der Waals surface area contributed by atoms with Crippen molar-refractivity contribution in [3.05, 3.63) is 51.8 Å². The second-order valence-electron chi connectivity index (χ2n) is 7.66. The van der Waals surface area contributed by atoms with Crippen molar-refractivity contribution in [2.24, 2.45) is 0 Å². The molecule has 34 heavy (non-hydrogen) atoms. The van der Waals surface area contributed by atoms with Gasteiger partial charge >= 0.3 is 5.97 Å². The number of hydrogen-bond acceptors (Lipinski definition) is 6. The van der Waals surface area contributed by atoms with Crippen LogP contribution in [0.25, 0.3) is 0 Å². The van der Waals surface area contributed by atoms with Crippen molar-refractivity contribution >= 4 is 33.4 Å². The molecule has 2 rings (SSSR count). The van der Waals surface area contributed by atoms with Crippen molar-refractivity contribution in [3.8, 4) is 0 Å². The predicted molar refractivity (Wildman–Crippen MR) is 131 cm³/mol. The molecule has 0 fully saturated rings. The van der Waals surface area contributed by atoms with Gasteiger partial charge < -0.3 is 14.0 Å². The monoisotopic (exact) mass is 512 g/mol. The molecule has 2 aromatic rings. The third kappa shape index (κ3) is 6.27. The summed E-state index contributed by atoms with van der Waals surface area (Å²) < 4.78 is 40.2. The van der Waals surface area contributed by atoms with E-state index in [1.54, 1.807) is 25.3 Å². The minimum absolute atomic E-state index is 0.0490. The second-order valence-corrected chi connectivity index (χ2v) is 10.0. The van der Waals surface area contributed by atoms with E-state index in [1.165, 1.54) is 24.3 Å². The van der Waals surface area contributed by atoms with Gasteiger partial charge in [0.25, 0.3) is 0 Å². The molecule has 0 saturated carbocycles. The number of esters is 1. The number of benzene rings is 1. The van der Waals surface area contributed by atoms with Gasteiger partial charge in [0.05, 0.1) is 18.0 Å². The van der Waals surface area contributed by atoms with Crippen molar-refractivity contribution in [2.45, 2.75) is 52.5 Å². The molecule has 1 aromatic heterocycles. The first kappa shape index (κ1) is 28.0. The molecule has 0 atom stereocenters. The predicted octanol–water partition coefficient (Wildman–Crippen LogP) is 4.26. The molecule has 0 amide bonds. The van der Waals surface area contributed by atoms with Crippen LogP contribution in [0, 0.1) is 13.8 Å². The highest BCUT2D eigenvalue weighted by Gasteiger charge is 2.31. The molecule has 0 radical (unpaired) electrons. The van der Waals surface area contributed by atoms with E-state index in [0.29, 0.717) is 53.7 Å². The Morgan fingerprint density at radius 1 is 1.06 bits per heavy atom. The molecule has 8 nitrogen and oxygen atoms in total. The van der Waals surface area contributed by atoms with E-state index in [4.69, 9.17) is 21.1 Å². The van der Waals surface area contributed by atoms with E-state index in [0.717, 1.165) is 4.31 Å². The maximum Gasteiger partial charge on any atom is 0.355 e. The van der Waals surface area contributed by atoms with Crippen LogP contribution in [0.4, 0.5) is 0 Å². The maximum absolute atomic E-state index is 13.5. The lowest BCUT2D eigenvalue weighted by atomic mass is 10.1. The average Bonchev–Trinajstić information content (AvgIpc) is 3.05. The summed E-state index contributed by atoms with van der Waals surface area (Å²) >= 11 is 5.92. The highest BCUT2D eigenvalue weighted by Crippen LogP contribution is 2.26. The van der Waals surface area contributed by atoms with Crippen LogP contribution in [0.3, 0.4) is 0 Å². The smallest absolute Gasteiger partial charge is 0.355 e. The van der Waals surface area contributed by atoms with Gasteiger partial charge in [-0.05, 0) is 70.9 Å². The Bertz CT molecular complexity index is 1110. The third-order valence-corrected chi connectivity index (χ3v) is 7.61. The standard InChI is InChI=1S/C24H33ClN2O6S/c1-6-27-18(5)22(17(4)23(27)24(29)33-8-3)21(28)16-26(14-9-15-32-7-2)34(30,31)20-12-10-19(25)11-13-20/h10-13H,6-9,14-16H2,1-5H3. The second kappa shape index (κ2) is 12.5. The number of aromatic nitrogens is 1. The molecule has 1 heterocycles. The number of carbonyl (C=O) groups is 2. The lowest BCUT2D eigenvalue weighted by Gasteiger charge is -2.22. The summed E-state index contributed by atoms with van der Waals surface area (Å²) in [5.74, 6) is -0.895. The molecule has 10 heteroatoms. The number of ether oxygens (including phenoxy) is 2. The molecule has 0 unspecified atom stereocenters. The number of carbonyl (C=O) groups excluding carboxylic acids is 2. The fourth-order valence-electron chi connectivity index (χ4n) is 3.93. The van der Waals surface area contributed by atoms with Crippen LogP contribution < -0.4 is 0 Å². The number of halogens is 1. The van der Waals surface area contributed by atoms with Crippen LogP contribution in [0.1, 0.15) is 59.3 Å². The number of sulfonamides is 1. The molecule has 1 aromatic carbocycles. The van der Waals surface area contributed by atoms with E-state index in [1.807, 2.05) is 13.8 Å². The van der Waals surface area contributed by atoms with E-state index >= 15 is 0 Å². The van der Waals surface area contributed by atoms with Gasteiger partial charge in [-0.2, -0.15) is 4.31 Å². The molecule has 0 bridgehead atoms. The normalized spacial score (nSPS) is 11.7. The Balaban J connectivity index is 2.44. The number of Topliss-reactive ketones (excluding diaryl/α,β-unsaturated/α-hetero) is 1. The molecule has 188 valence electrons. The van der Waals surface area contributed by atoms with E-state index in [9.17, 15) is 18.0 Å². The van der Waals surface area contributed by atoms with E-state index in [-0.39, 0.29) is 30.4 Å². The molecular formula is C24H33ClN2O6S. The van der Waals surface area contributed by atoms with Crippen molar-refractivity contribution in [1.29, 1.82) is 0 Å². The van der Waals surface area contributed by atoms with Crippen molar-refractivity contribution in [2.75, 3.05) is 32.9 Å². The quantitative estimate of drug-likeness (QED) is 0.226. The topological polar surface area (TPSA) is 94.9 Å². The Labute approximate surface area is 206 Å². The van der Waals surface area contributed by atoms with Crippen LogP contribution in [-0.2, 0) is 26.0 Å². The Hall–Kier alpha value is -2.20. The molecule has 0 spiro atoms. The third-order valence-electron chi connectivity index (χ3n) is 5.50. The summed E-state index contributed by atoms with van der Waals surface area (Å²) in [7, 11) is -3.97. The van der Waals surface area contributed by atoms with Gasteiger partial charge in [-0.3, -0.25) is 4.79 Å². The maximum atomic E-state index is 13.5. The van der Waals surface area contributed by atoms with Gasteiger partial charge in [0.2, 0.25) is 10.0 Å². The van der Waals surface area contributed by atoms with Crippen LogP contribution >= 0.6 is 11.6 Å². The summed E-state index contributed by atoms with van der Waals surface area (Å²) in [4.78, 5) is 26.0. The summed E-state index contributed by atoms with van der Waals surface area (Å²) in [5, 5.41) is 0.413. The Morgan fingerprint density at radius 2 is 1.71 bits per heavy atom. The van der Waals surface area contributed by atoms with Gasteiger partial charge in [-0.15, -0.1) is 0 Å². The molecule has 0 aliphatic rings. The van der Waals surface area contributed by atoms with Crippen LogP contribution in [0.2, 0.25) is 5.02 Å². The summed E-state index contributed by atoms with van der Waals surface area (Å²) in [6.45, 7) is 10.2. The number of nitrogens with zero attached hydrogens (tertiary/aromatic N) is 2. The molecule has 0 saturated heterocycles. The Kier molecular flexibility index (Phi) is 10.3. The van der Waals surface area contributed by atoms with Gasteiger partial charge in [-0.25, -0.2) is 13.2 Å². The highest BCUT2D eigenvalue weighted by atomic mass is 35.5. The van der Waals surface area contributed by atoms with E-state index in [2.05, 4.69) is 0 Å². The lowest BCUT2D eigenvalue weighted by Crippen LogP contribution is -2.37. The zero-order chi connectivity index (χ0) is 25.5. The van der Waals surface area contributed by atoms with E-state index < -0.39 is 16.0 Å². The number of ketones is 1. The van der Waals surface area contributed by atoms with Crippen molar-refractivity contribution in [3.63, 3.8) is 0 Å². The highest BCUT2D eigenvalue weighted by molar-refractivity contribution is 7.89. The van der Waals surface area contributed by atoms with Crippen LogP contribution in [0.15, 0.2) is 29.2 Å². The van der Waals surface area contributed by atoms with Gasteiger partial charge in [-0.1, -0.05) is 11.6 Å². The van der Waals surface area contributed by atoms with Crippen LogP contribution in [-0.4, -0.2) is 62.0 Å². The first-order valence-electron chi connectivity index (χ1n) is 11.3. The molecule has 0 aliphatic heterocycles. The summed E-state index contributed by atoms with van der Waals surface area (Å²) in [6.07, 6.45) is 0.427. The number of rotatable bonds is 13. The first-order chi connectivity index (χ1) is 16.1.